The molecule has 1 N–H and O–H groups in total. The number of ether oxygens (including phenoxy) is 2. The average molecular weight is 445 g/mol. The average Bonchev–Trinajstić information content (AvgIpc) is 3.19. The number of halogens is 1. The minimum Gasteiger partial charge on any atom is -0.486 e. The minimum atomic E-state index is -0.0912. The van der Waals surface area contributed by atoms with Crippen molar-refractivity contribution >= 4 is 29.3 Å². The van der Waals surface area contributed by atoms with E-state index >= 15 is 0 Å². The molecule has 0 spiro atoms. The molecule has 156 valence electrons. The van der Waals surface area contributed by atoms with Crippen molar-refractivity contribution in [2.45, 2.75) is 25.2 Å². The van der Waals surface area contributed by atoms with E-state index in [9.17, 15) is 4.79 Å². The van der Waals surface area contributed by atoms with E-state index in [0.29, 0.717) is 42.2 Å². The van der Waals surface area contributed by atoms with Crippen LogP contribution >= 0.6 is 23.4 Å². The van der Waals surface area contributed by atoms with E-state index in [-0.39, 0.29) is 11.7 Å². The number of thioether (sulfide) groups is 1. The summed E-state index contributed by atoms with van der Waals surface area (Å²) in [4.78, 5) is 12.3. The van der Waals surface area contributed by atoms with Crippen LogP contribution in [0.25, 0.3) is 11.4 Å². The van der Waals surface area contributed by atoms with Crippen LogP contribution in [0, 0.1) is 0 Å². The predicted molar refractivity (Wildman–Crippen MR) is 116 cm³/mol. The highest BCUT2D eigenvalue weighted by atomic mass is 35.5. The van der Waals surface area contributed by atoms with Gasteiger partial charge in [-0.25, -0.2) is 0 Å². The summed E-state index contributed by atoms with van der Waals surface area (Å²) >= 11 is 7.48. The van der Waals surface area contributed by atoms with Gasteiger partial charge in [0.2, 0.25) is 5.91 Å². The van der Waals surface area contributed by atoms with Crippen molar-refractivity contribution in [2.24, 2.45) is 0 Å². The first-order valence-corrected chi connectivity index (χ1v) is 11.0. The van der Waals surface area contributed by atoms with Crippen molar-refractivity contribution < 1.29 is 14.3 Å². The van der Waals surface area contributed by atoms with Crippen molar-refractivity contribution in [1.29, 1.82) is 0 Å². The molecule has 0 atom stereocenters. The van der Waals surface area contributed by atoms with E-state index in [4.69, 9.17) is 21.1 Å². The topological polar surface area (TPSA) is 78.3 Å². The lowest BCUT2D eigenvalue weighted by Crippen LogP contribution is -2.24. The Morgan fingerprint density at radius 2 is 1.97 bits per heavy atom. The van der Waals surface area contributed by atoms with Crippen LogP contribution in [-0.4, -0.2) is 39.6 Å². The molecule has 0 saturated heterocycles. The van der Waals surface area contributed by atoms with Gasteiger partial charge < -0.3 is 19.4 Å². The van der Waals surface area contributed by atoms with E-state index in [1.807, 2.05) is 47.9 Å². The molecule has 1 amide bonds. The molecule has 30 heavy (non-hydrogen) atoms. The molecule has 0 unspecified atom stereocenters. The first-order valence-electron chi connectivity index (χ1n) is 9.62. The smallest absolute Gasteiger partial charge is 0.230 e. The van der Waals surface area contributed by atoms with Crippen molar-refractivity contribution in [3.05, 3.63) is 53.1 Å². The lowest BCUT2D eigenvalue weighted by atomic mass is 10.2. The van der Waals surface area contributed by atoms with Gasteiger partial charge in [-0.05, 0) is 36.8 Å². The molecule has 7 nitrogen and oxygen atoms in total. The van der Waals surface area contributed by atoms with Crippen molar-refractivity contribution in [2.75, 3.05) is 19.0 Å². The monoisotopic (exact) mass is 444 g/mol. The maximum atomic E-state index is 12.3. The highest BCUT2D eigenvalue weighted by Gasteiger charge is 2.18. The molecule has 2 heterocycles. The molecule has 4 rings (SSSR count). The van der Waals surface area contributed by atoms with Gasteiger partial charge >= 0.3 is 0 Å². The van der Waals surface area contributed by atoms with Crippen LogP contribution in [0.15, 0.2) is 47.6 Å². The Hall–Kier alpha value is -2.71. The van der Waals surface area contributed by atoms with Gasteiger partial charge in [0.15, 0.2) is 22.5 Å². The SMILES string of the molecule is CCn1c(SCC(=O)NCc2ccccc2Cl)nnc1-c1ccc2c(c1)OCCO2. The number of aromatic nitrogens is 3. The fraction of sp³-hybridized carbons (Fsp3) is 0.286. The molecule has 0 fully saturated rings. The summed E-state index contributed by atoms with van der Waals surface area (Å²) in [6, 6.07) is 13.2. The second-order valence-corrected chi connectivity index (χ2v) is 7.92. The van der Waals surface area contributed by atoms with E-state index in [1.54, 1.807) is 6.07 Å². The summed E-state index contributed by atoms with van der Waals surface area (Å²) in [7, 11) is 0. The van der Waals surface area contributed by atoms with Gasteiger partial charge in [-0.2, -0.15) is 0 Å². The Balaban J connectivity index is 1.41. The van der Waals surface area contributed by atoms with Gasteiger partial charge in [0.1, 0.15) is 13.2 Å². The minimum absolute atomic E-state index is 0.0912. The van der Waals surface area contributed by atoms with Gasteiger partial charge in [-0.3, -0.25) is 4.79 Å². The number of carbonyl (C=O) groups excluding carboxylic acids is 1. The zero-order valence-electron chi connectivity index (χ0n) is 16.4. The van der Waals surface area contributed by atoms with Gasteiger partial charge in [0, 0.05) is 23.7 Å². The number of nitrogens with zero attached hydrogens (tertiary/aromatic N) is 3. The number of rotatable bonds is 7. The quantitative estimate of drug-likeness (QED) is 0.558. The van der Waals surface area contributed by atoms with Gasteiger partial charge in [0.05, 0.1) is 5.75 Å². The maximum Gasteiger partial charge on any atom is 0.230 e. The predicted octanol–water partition coefficient (Wildman–Crippen LogP) is 3.80. The van der Waals surface area contributed by atoms with Crippen LogP contribution in [0.3, 0.4) is 0 Å². The molecule has 1 aliphatic heterocycles. The maximum absolute atomic E-state index is 12.3. The molecule has 0 saturated carbocycles. The summed E-state index contributed by atoms with van der Waals surface area (Å²) in [5.41, 5.74) is 1.78. The molecule has 0 radical (unpaired) electrons. The van der Waals surface area contributed by atoms with Crippen LogP contribution in [-0.2, 0) is 17.9 Å². The van der Waals surface area contributed by atoms with Crippen LogP contribution in [0.1, 0.15) is 12.5 Å². The van der Waals surface area contributed by atoms with Gasteiger partial charge in [-0.1, -0.05) is 41.6 Å². The molecule has 1 aliphatic rings. The van der Waals surface area contributed by atoms with E-state index in [1.165, 1.54) is 11.8 Å². The fourth-order valence-electron chi connectivity index (χ4n) is 3.09. The molecule has 3 aromatic rings. The molecular formula is C21H21ClN4O3S. The van der Waals surface area contributed by atoms with Gasteiger partial charge in [-0.15, -0.1) is 10.2 Å². The number of fused-ring (bicyclic) bond motifs is 1. The number of benzene rings is 2. The Morgan fingerprint density at radius 1 is 1.17 bits per heavy atom. The van der Waals surface area contributed by atoms with E-state index in [0.717, 1.165) is 22.7 Å². The van der Waals surface area contributed by atoms with Crippen molar-refractivity contribution in [3.8, 4) is 22.9 Å². The summed E-state index contributed by atoms with van der Waals surface area (Å²) in [5, 5.41) is 12.8. The largest absolute Gasteiger partial charge is 0.486 e. The van der Waals surface area contributed by atoms with Crippen LogP contribution in [0.2, 0.25) is 5.02 Å². The normalized spacial score (nSPS) is 12.6. The molecule has 1 aromatic heterocycles. The number of hydrogen-bond acceptors (Lipinski definition) is 6. The number of carbonyl (C=O) groups is 1. The zero-order valence-corrected chi connectivity index (χ0v) is 18.0. The number of nitrogens with one attached hydrogen (secondary N) is 1. The molecule has 0 bridgehead atoms. The first-order chi connectivity index (χ1) is 14.7. The lowest BCUT2D eigenvalue weighted by molar-refractivity contribution is -0.118. The van der Waals surface area contributed by atoms with E-state index < -0.39 is 0 Å². The van der Waals surface area contributed by atoms with Crippen LogP contribution in [0.5, 0.6) is 11.5 Å². The summed E-state index contributed by atoms with van der Waals surface area (Å²) in [6.45, 7) is 4.17. The summed E-state index contributed by atoms with van der Waals surface area (Å²) in [5.74, 6) is 2.32. The molecule has 2 aromatic carbocycles. The highest BCUT2D eigenvalue weighted by Crippen LogP contribution is 2.34. The first kappa shape index (κ1) is 20.6. The second kappa shape index (κ2) is 9.40. The molecule has 0 aliphatic carbocycles. The second-order valence-electron chi connectivity index (χ2n) is 6.57. The Kier molecular flexibility index (Phi) is 6.44. The summed E-state index contributed by atoms with van der Waals surface area (Å²) < 4.78 is 13.2. The van der Waals surface area contributed by atoms with E-state index in [2.05, 4.69) is 15.5 Å². The molecular weight excluding hydrogens is 424 g/mol. The third kappa shape index (κ3) is 4.55. The van der Waals surface area contributed by atoms with Crippen LogP contribution < -0.4 is 14.8 Å². The highest BCUT2D eigenvalue weighted by molar-refractivity contribution is 7.99. The Bertz CT molecular complexity index is 1060. The third-order valence-corrected chi connectivity index (χ3v) is 5.94. The van der Waals surface area contributed by atoms with Gasteiger partial charge in [0.25, 0.3) is 0 Å². The fourth-order valence-corrected chi connectivity index (χ4v) is 4.13. The number of amides is 1. The van der Waals surface area contributed by atoms with Crippen molar-refractivity contribution in [3.63, 3.8) is 0 Å². The summed E-state index contributed by atoms with van der Waals surface area (Å²) in [6.07, 6.45) is 0. The number of hydrogen-bond donors (Lipinski definition) is 1. The van der Waals surface area contributed by atoms with Crippen LogP contribution in [0.4, 0.5) is 0 Å². The Labute approximate surface area is 183 Å². The third-order valence-electron chi connectivity index (χ3n) is 4.60. The zero-order chi connectivity index (χ0) is 20.9. The standard InChI is InChI=1S/C21H21ClN4O3S/c1-2-26-20(14-7-8-17-18(11-14)29-10-9-28-17)24-25-21(26)30-13-19(27)23-12-15-5-3-4-6-16(15)22/h3-8,11H,2,9-10,12-13H2,1H3,(H,23,27). The Morgan fingerprint density at radius 3 is 2.77 bits per heavy atom. The lowest BCUT2D eigenvalue weighted by Gasteiger charge is -2.18. The van der Waals surface area contributed by atoms with Crippen molar-refractivity contribution in [1.82, 2.24) is 20.1 Å². The molecule has 9 heteroatoms.